The van der Waals surface area contributed by atoms with Crippen LogP contribution in [0.4, 0.5) is 5.69 Å². The first-order chi connectivity index (χ1) is 10.1. The van der Waals surface area contributed by atoms with Crippen molar-refractivity contribution in [3.05, 3.63) is 70.2 Å². The zero-order chi connectivity index (χ0) is 14.8. The summed E-state index contributed by atoms with van der Waals surface area (Å²) in [5.74, 6) is 0.0151. The van der Waals surface area contributed by atoms with E-state index in [9.17, 15) is 5.11 Å². The van der Waals surface area contributed by atoms with E-state index in [1.165, 1.54) is 16.8 Å². The molecule has 21 heavy (non-hydrogen) atoms. The Balaban J connectivity index is 1.91. The highest BCUT2D eigenvalue weighted by molar-refractivity contribution is 6.36. The number of phenolic OH excluding ortho intramolecular Hbond substituents is 1. The van der Waals surface area contributed by atoms with Crippen LogP contribution in [-0.4, -0.2) is 5.11 Å². The zero-order valence-electron chi connectivity index (χ0n) is 11.1. The molecule has 2 nitrogen and oxygen atoms in total. The molecule has 0 spiro atoms. The molecule has 2 N–H and O–H groups in total. The molecule has 0 saturated carbocycles. The molecule has 3 aromatic carbocycles. The number of nitrogens with one attached hydrogen (secondary N) is 1. The van der Waals surface area contributed by atoms with Crippen molar-refractivity contribution in [2.24, 2.45) is 0 Å². The molecular formula is C17H13Cl2NO. The highest BCUT2D eigenvalue weighted by atomic mass is 35.5. The normalized spacial score (nSPS) is 10.8. The Morgan fingerprint density at radius 2 is 1.71 bits per heavy atom. The summed E-state index contributed by atoms with van der Waals surface area (Å²) in [6, 6.07) is 17.5. The van der Waals surface area contributed by atoms with E-state index in [-0.39, 0.29) is 10.8 Å². The monoisotopic (exact) mass is 317 g/mol. The summed E-state index contributed by atoms with van der Waals surface area (Å²) in [6.45, 7) is 0.575. The SMILES string of the molecule is Oc1c(Cl)cc(Cl)cc1NCc1cccc2ccccc12. The van der Waals surface area contributed by atoms with Gasteiger partial charge in [-0.05, 0) is 28.5 Å². The van der Waals surface area contributed by atoms with E-state index < -0.39 is 0 Å². The summed E-state index contributed by atoms with van der Waals surface area (Å²) >= 11 is 11.9. The van der Waals surface area contributed by atoms with E-state index in [1.54, 1.807) is 6.07 Å². The molecule has 0 atom stereocenters. The van der Waals surface area contributed by atoms with Crippen LogP contribution in [0, 0.1) is 0 Å². The summed E-state index contributed by atoms with van der Waals surface area (Å²) in [5.41, 5.74) is 1.67. The lowest BCUT2D eigenvalue weighted by Crippen LogP contribution is -2.00. The second-order valence-corrected chi connectivity index (χ2v) is 5.62. The molecule has 0 bridgehead atoms. The third-order valence-corrected chi connectivity index (χ3v) is 3.88. The maximum Gasteiger partial charge on any atom is 0.157 e. The van der Waals surface area contributed by atoms with E-state index in [4.69, 9.17) is 23.2 Å². The van der Waals surface area contributed by atoms with Gasteiger partial charge in [-0.15, -0.1) is 0 Å². The minimum atomic E-state index is 0.0151. The van der Waals surface area contributed by atoms with Gasteiger partial charge >= 0.3 is 0 Å². The van der Waals surface area contributed by atoms with Gasteiger partial charge in [0.05, 0.1) is 10.7 Å². The molecule has 0 heterocycles. The maximum absolute atomic E-state index is 9.96. The minimum absolute atomic E-state index is 0.0151. The predicted molar refractivity (Wildman–Crippen MR) is 89.4 cm³/mol. The first-order valence-corrected chi connectivity index (χ1v) is 7.29. The van der Waals surface area contributed by atoms with Crippen LogP contribution in [0.15, 0.2) is 54.6 Å². The van der Waals surface area contributed by atoms with Crippen molar-refractivity contribution < 1.29 is 5.11 Å². The van der Waals surface area contributed by atoms with Gasteiger partial charge in [0, 0.05) is 11.6 Å². The summed E-state index contributed by atoms with van der Waals surface area (Å²) < 4.78 is 0. The van der Waals surface area contributed by atoms with Gasteiger partial charge in [0.1, 0.15) is 0 Å². The van der Waals surface area contributed by atoms with E-state index in [2.05, 4.69) is 29.6 Å². The van der Waals surface area contributed by atoms with Crippen LogP contribution in [0.3, 0.4) is 0 Å². The quantitative estimate of drug-likeness (QED) is 0.628. The van der Waals surface area contributed by atoms with Crippen molar-refractivity contribution in [2.75, 3.05) is 5.32 Å². The second-order valence-electron chi connectivity index (χ2n) is 4.78. The third kappa shape index (κ3) is 2.92. The molecule has 0 saturated heterocycles. The summed E-state index contributed by atoms with van der Waals surface area (Å²) in [7, 11) is 0. The van der Waals surface area contributed by atoms with Crippen LogP contribution in [0.1, 0.15) is 5.56 Å². The van der Waals surface area contributed by atoms with Gasteiger partial charge in [-0.25, -0.2) is 0 Å². The molecule has 106 valence electrons. The van der Waals surface area contributed by atoms with E-state index in [0.29, 0.717) is 17.3 Å². The fraction of sp³-hybridized carbons (Fsp3) is 0.0588. The lowest BCUT2D eigenvalue weighted by Gasteiger charge is -2.12. The molecule has 4 heteroatoms. The van der Waals surface area contributed by atoms with Crippen molar-refractivity contribution in [3.63, 3.8) is 0 Å². The second kappa shape index (κ2) is 5.84. The first kappa shape index (κ1) is 14.1. The summed E-state index contributed by atoms with van der Waals surface area (Å²) in [6.07, 6.45) is 0. The Kier molecular flexibility index (Phi) is 3.91. The van der Waals surface area contributed by atoms with Gasteiger partial charge in [0.15, 0.2) is 5.75 Å². The Morgan fingerprint density at radius 3 is 2.57 bits per heavy atom. The standard InChI is InChI=1S/C17H13Cl2NO/c18-13-8-15(19)17(21)16(9-13)20-10-12-6-3-5-11-4-1-2-7-14(11)12/h1-9,20-21H,10H2. The molecular weight excluding hydrogens is 305 g/mol. The van der Waals surface area contributed by atoms with Crippen LogP contribution in [-0.2, 0) is 6.54 Å². The van der Waals surface area contributed by atoms with Crippen molar-refractivity contribution in [1.29, 1.82) is 0 Å². The third-order valence-electron chi connectivity index (χ3n) is 3.38. The van der Waals surface area contributed by atoms with Gasteiger partial charge in [-0.2, -0.15) is 0 Å². The lowest BCUT2D eigenvalue weighted by molar-refractivity contribution is 0.477. The number of hydrogen-bond donors (Lipinski definition) is 2. The van der Waals surface area contributed by atoms with Crippen LogP contribution in [0.2, 0.25) is 10.0 Å². The fourth-order valence-electron chi connectivity index (χ4n) is 2.34. The number of phenols is 1. The first-order valence-electron chi connectivity index (χ1n) is 6.53. The Morgan fingerprint density at radius 1 is 0.952 bits per heavy atom. The number of rotatable bonds is 3. The van der Waals surface area contributed by atoms with Crippen molar-refractivity contribution in [3.8, 4) is 5.75 Å². The average molecular weight is 318 g/mol. The smallest absolute Gasteiger partial charge is 0.157 e. The number of hydrogen-bond acceptors (Lipinski definition) is 2. The van der Waals surface area contributed by atoms with Crippen molar-refractivity contribution >= 4 is 39.7 Å². The molecule has 0 aliphatic carbocycles. The molecule has 0 aliphatic heterocycles. The maximum atomic E-state index is 9.96. The van der Waals surface area contributed by atoms with Crippen molar-refractivity contribution in [1.82, 2.24) is 0 Å². The van der Waals surface area contributed by atoms with Gasteiger partial charge in [0.2, 0.25) is 0 Å². The van der Waals surface area contributed by atoms with Gasteiger partial charge in [0.25, 0.3) is 0 Å². The number of aromatic hydroxyl groups is 1. The van der Waals surface area contributed by atoms with Crippen molar-refractivity contribution in [2.45, 2.75) is 6.54 Å². The molecule has 0 aliphatic rings. The highest BCUT2D eigenvalue weighted by Crippen LogP contribution is 2.35. The lowest BCUT2D eigenvalue weighted by atomic mass is 10.0. The number of anilines is 1. The molecule has 3 rings (SSSR count). The average Bonchev–Trinajstić information content (AvgIpc) is 2.49. The fourth-order valence-corrected chi connectivity index (χ4v) is 2.83. The van der Waals surface area contributed by atoms with E-state index in [0.717, 1.165) is 5.56 Å². The van der Waals surface area contributed by atoms with Crippen LogP contribution in [0.5, 0.6) is 5.75 Å². The molecule has 0 aromatic heterocycles. The number of halogens is 2. The Hall–Kier alpha value is -1.90. The molecule has 0 radical (unpaired) electrons. The van der Waals surface area contributed by atoms with E-state index >= 15 is 0 Å². The number of fused-ring (bicyclic) bond motifs is 1. The van der Waals surface area contributed by atoms with Gasteiger partial charge in [-0.1, -0.05) is 65.7 Å². The largest absolute Gasteiger partial charge is 0.504 e. The summed E-state index contributed by atoms with van der Waals surface area (Å²) in [4.78, 5) is 0. The Bertz CT molecular complexity index is 797. The minimum Gasteiger partial charge on any atom is -0.504 e. The molecule has 3 aromatic rings. The highest BCUT2D eigenvalue weighted by Gasteiger charge is 2.08. The molecule has 0 fully saturated rings. The topological polar surface area (TPSA) is 32.3 Å². The van der Waals surface area contributed by atoms with Crippen LogP contribution >= 0.6 is 23.2 Å². The Labute approximate surface area is 132 Å². The summed E-state index contributed by atoms with van der Waals surface area (Å²) in [5, 5.41) is 16.2. The van der Waals surface area contributed by atoms with Crippen LogP contribution in [0.25, 0.3) is 10.8 Å². The molecule has 0 amide bonds. The number of benzene rings is 3. The molecule has 0 unspecified atom stereocenters. The van der Waals surface area contributed by atoms with Gasteiger partial charge < -0.3 is 10.4 Å². The van der Waals surface area contributed by atoms with E-state index in [1.807, 2.05) is 18.2 Å². The van der Waals surface area contributed by atoms with Crippen LogP contribution < -0.4 is 5.32 Å². The van der Waals surface area contributed by atoms with Gasteiger partial charge in [-0.3, -0.25) is 0 Å². The predicted octanol–water partition coefficient (Wildman–Crippen LogP) is 5.46. The zero-order valence-corrected chi connectivity index (χ0v) is 12.6.